The van der Waals surface area contributed by atoms with E-state index in [1.54, 1.807) is 0 Å². The van der Waals surface area contributed by atoms with Crippen molar-refractivity contribution in [2.45, 2.75) is 46.7 Å². The number of rotatable bonds is 7. The van der Waals surface area contributed by atoms with Crippen molar-refractivity contribution in [2.75, 3.05) is 10.6 Å². The van der Waals surface area contributed by atoms with Crippen molar-refractivity contribution in [3.05, 3.63) is 64.7 Å². The van der Waals surface area contributed by atoms with Gasteiger partial charge in [0.2, 0.25) is 15.9 Å². The molecule has 0 aromatic heterocycles. The van der Waals surface area contributed by atoms with E-state index in [1.165, 1.54) is 4.31 Å². The first kappa shape index (κ1) is 21.0. The Morgan fingerprint density at radius 3 is 2.19 bits per heavy atom. The number of hydrogen-bond donors (Lipinski definition) is 1. The van der Waals surface area contributed by atoms with Crippen LogP contribution in [0.25, 0.3) is 0 Å². The molecule has 5 nitrogen and oxygen atoms in total. The van der Waals surface area contributed by atoms with Gasteiger partial charge in [-0.1, -0.05) is 48.9 Å². The van der Waals surface area contributed by atoms with Gasteiger partial charge >= 0.3 is 0 Å². The molecule has 0 aliphatic rings. The Morgan fingerprint density at radius 1 is 1.04 bits per heavy atom. The summed E-state index contributed by atoms with van der Waals surface area (Å²) in [6.45, 7) is 7.94. The lowest BCUT2D eigenvalue weighted by Gasteiger charge is -2.31. The fraction of sp³-hybridized carbons (Fsp3) is 0.381. The number of aryl methyl sites for hydroxylation is 3. The van der Waals surface area contributed by atoms with Crippen LogP contribution in [0.1, 0.15) is 35.6 Å². The Balaban J connectivity index is 2.30. The van der Waals surface area contributed by atoms with Crippen LogP contribution in [0.3, 0.4) is 0 Å². The number of anilines is 1. The smallest absolute Gasteiger partial charge is 0.244 e. The molecule has 2 rings (SSSR count). The summed E-state index contributed by atoms with van der Waals surface area (Å²) in [7, 11) is -3.63. The number of carbonyl (C=O) groups excluding carboxylic acids is 1. The number of carbonyl (C=O) groups is 1. The standard InChI is InChI=1S/C21H28N2O3S/c1-6-19(21(24)22-14-18-11-8-15(2)9-12-18)23(27(5,25)26)20-13-16(3)7-10-17(20)4/h7-13,19H,6,14H2,1-5H3,(H,22,24)/t19-/m0/s1. The summed E-state index contributed by atoms with van der Waals surface area (Å²) < 4.78 is 26.4. The van der Waals surface area contributed by atoms with Crippen LogP contribution >= 0.6 is 0 Å². The van der Waals surface area contributed by atoms with E-state index < -0.39 is 16.1 Å². The lowest BCUT2D eigenvalue weighted by atomic mass is 10.1. The molecule has 2 aromatic carbocycles. The summed E-state index contributed by atoms with van der Waals surface area (Å²) in [6.07, 6.45) is 1.52. The zero-order valence-electron chi connectivity index (χ0n) is 16.6. The van der Waals surface area contributed by atoms with E-state index >= 15 is 0 Å². The maximum Gasteiger partial charge on any atom is 0.244 e. The molecular weight excluding hydrogens is 360 g/mol. The van der Waals surface area contributed by atoms with Crippen LogP contribution in [0.4, 0.5) is 5.69 Å². The third kappa shape index (κ3) is 5.32. The number of hydrogen-bond acceptors (Lipinski definition) is 3. The minimum absolute atomic E-state index is 0.301. The maximum atomic E-state index is 12.9. The minimum atomic E-state index is -3.63. The van der Waals surface area contributed by atoms with E-state index in [9.17, 15) is 13.2 Å². The van der Waals surface area contributed by atoms with Crippen LogP contribution in [0.5, 0.6) is 0 Å². The monoisotopic (exact) mass is 388 g/mol. The molecule has 0 bridgehead atoms. The molecule has 0 radical (unpaired) electrons. The molecule has 0 spiro atoms. The molecule has 146 valence electrons. The Labute approximate surface area is 162 Å². The average Bonchev–Trinajstić information content (AvgIpc) is 2.60. The van der Waals surface area contributed by atoms with Crippen molar-refractivity contribution >= 4 is 21.6 Å². The maximum absolute atomic E-state index is 12.9. The van der Waals surface area contributed by atoms with E-state index in [4.69, 9.17) is 0 Å². The Kier molecular flexibility index (Phi) is 6.65. The Hall–Kier alpha value is -2.34. The van der Waals surface area contributed by atoms with Gasteiger partial charge in [0.05, 0.1) is 11.9 Å². The summed E-state index contributed by atoms with van der Waals surface area (Å²) >= 11 is 0. The van der Waals surface area contributed by atoms with E-state index in [-0.39, 0.29) is 5.91 Å². The van der Waals surface area contributed by atoms with E-state index in [0.717, 1.165) is 28.5 Å². The number of nitrogens with one attached hydrogen (secondary N) is 1. The lowest BCUT2D eigenvalue weighted by molar-refractivity contribution is -0.122. The van der Waals surface area contributed by atoms with Crippen LogP contribution in [-0.4, -0.2) is 26.6 Å². The van der Waals surface area contributed by atoms with Crippen molar-refractivity contribution < 1.29 is 13.2 Å². The highest BCUT2D eigenvalue weighted by Crippen LogP contribution is 2.27. The molecule has 0 heterocycles. The number of sulfonamides is 1. The van der Waals surface area contributed by atoms with Crippen molar-refractivity contribution in [3.8, 4) is 0 Å². The first-order chi connectivity index (χ1) is 12.6. The zero-order valence-corrected chi connectivity index (χ0v) is 17.4. The topological polar surface area (TPSA) is 66.5 Å². The summed E-state index contributed by atoms with van der Waals surface area (Å²) in [5, 5.41) is 2.88. The van der Waals surface area contributed by atoms with Crippen molar-refractivity contribution in [2.24, 2.45) is 0 Å². The zero-order chi connectivity index (χ0) is 20.2. The molecule has 0 saturated heterocycles. The van der Waals surface area contributed by atoms with Gasteiger partial charge in [0.25, 0.3) is 0 Å². The van der Waals surface area contributed by atoms with E-state index in [2.05, 4.69) is 5.32 Å². The largest absolute Gasteiger partial charge is 0.350 e. The molecule has 1 N–H and O–H groups in total. The van der Waals surface area contributed by atoms with Gasteiger partial charge in [0.15, 0.2) is 0 Å². The summed E-state index contributed by atoms with van der Waals surface area (Å²) in [5.74, 6) is -0.301. The number of benzene rings is 2. The molecule has 6 heteroatoms. The summed E-state index contributed by atoms with van der Waals surface area (Å²) in [4.78, 5) is 12.9. The fourth-order valence-corrected chi connectivity index (χ4v) is 4.27. The SMILES string of the molecule is CC[C@@H](C(=O)NCc1ccc(C)cc1)N(c1cc(C)ccc1C)S(C)(=O)=O. The van der Waals surface area contributed by atoms with Gasteiger partial charge in [0.1, 0.15) is 6.04 Å². The highest BCUT2D eigenvalue weighted by Gasteiger charge is 2.32. The van der Waals surface area contributed by atoms with Crippen molar-refractivity contribution in [1.29, 1.82) is 0 Å². The first-order valence-corrected chi connectivity index (χ1v) is 10.9. The van der Waals surface area contributed by atoms with E-state index in [1.807, 2.05) is 70.2 Å². The van der Waals surface area contributed by atoms with Crippen LogP contribution in [0, 0.1) is 20.8 Å². The van der Waals surface area contributed by atoms with Gasteiger partial charge in [-0.05, 0) is 49.9 Å². The molecule has 1 atom stereocenters. The number of nitrogens with zero attached hydrogens (tertiary/aromatic N) is 1. The molecule has 0 saturated carbocycles. The Bertz CT molecular complexity index is 906. The second kappa shape index (κ2) is 8.57. The van der Waals surface area contributed by atoms with Crippen LogP contribution in [0.15, 0.2) is 42.5 Å². The Morgan fingerprint density at radius 2 is 1.63 bits per heavy atom. The molecule has 0 unspecified atom stereocenters. The third-order valence-corrected chi connectivity index (χ3v) is 5.68. The molecule has 0 fully saturated rings. The van der Waals surface area contributed by atoms with Crippen LogP contribution < -0.4 is 9.62 Å². The van der Waals surface area contributed by atoms with Gasteiger partial charge in [-0.2, -0.15) is 0 Å². The van der Waals surface area contributed by atoms with Gasteiger partial charge in [0, 0.05) is 6.54 Å². The van der Waals surface area contributed by atoms with Crippen molar-refractivity contribution in [1.82, 2.24) is 5.32 Å². The second-order valence-corrected chi connectivity index (χ2v) is 8.84. The highest BCUT2D eigenvalue weighted by molar-refractivity contribution is 7.92. The van der Waals surface area contributed by atoms with Gasteiger partial charge < -0.3 is 5.32 Å². The molecule has 27 heavy (non-hydrogen) atoms. The van der Waals surface area contributed by atoms with Gasteiger partial charge in [-0.3, -0.25) is 9.10 Å². The van der Waals surface area contributed by atoms with Crippen LogP contribution in [0.2, 0.25) is 0 Å². The molecule has 2 aromatic rings. The predicted octanol–water partition coefficient (Wildman–Crippen LogP) is 3.47. The molecule has 0 aliphatic carbocycles. The molecule has 0 aliphatic heterocycles. The molecule has 1 amide bonds. The third-order valence-electron chi connectivity index (χ3n) is 4.52. The fourth-order valence-electron chi connectivity index (χ4n) is 3.01. The van der Waals surface area contributed by atoms with Crippen LogP contribution in [-0.2, 0) is 21.4 Å². The summed E-state index contributed by atoms with van der Waals surface area (Å²) in [6, 6.07) is 12.7. The van der Waals surface area contributed by atoms with Gasteiger partial charge in [-0.25, -0.2) is 8.42 Å². The lowest BCUT2D eigenvalue weighted by Crippen LogP contribution is -2.49. The molecular formula is C21H28N2O3S. The average molecular weight is 389 g/mol. The summed E-state index contributed by atoms with van der Waals surface area (Å²) in [5.41, 5.74) is 4.43. The van der Waals surface area contributed by atoms with Gasteiger partial charge in [-0.15, -0.1) is 0 Å². The van der Waals surface area contributed by atoms with E-state index in [0.29, 0.717) is 18.7 Å². The normalized spacial score (nSPS) is 12.5. The van der Waals surface area contributed by atoms with Crippen molar-refractivity contribution in [3.63, 3.8) is 0 Å². The predicted molar refractivity (Wildman–Crippen MR) is 110 cm³/mol. The highest BCUT2D eigenvalue weighted by atomic mass is 32.2. The quantitative estimate of drug-likeness (QED) is 0.790. The first-order valence-electron chi connectivity index (χ1n) is 9.03. The minimum Gasteiger partial charge on any atom is -0.350 e. The number of amides is 1. The second-order valence-electron chi connectivity index (χ2n) is 6.98.